The Morgan fingerprint density at radius 2 is 1.79 bits per heavy atom. The first-order valence-electron chi connectivity index (χ1n) is 6.12. The first kappa shape index (κ1) is 11.5. The lowest BCUT2D eigenvalue weighted by atomic mass is 10.2. The minimum Gasteiger partial charge on any atom is -0.497 e. The van der Waals surface area contributed by atoms with Crippen LogP contribution in [0, 0.1) is 0 Å². The molecule has 3 nitrogen and oxygen atoms in total. The van der Waals surface area contributed by atoms with Crippen molar-refractivity contribution in [1.82, 2.24) is 9.97 Å². The first-order chi connectivity index (χ1) is 9.35. The number of methoxy groups -OCH3 is 1. The smallest absolute Gasteiger partial charge is 0.131 e. The van der Waals surface area contributed by atoms with Crippen LogP contribution in [0.25, 0.3) is 23.2 Å². The maximum atomic E-state index is 5.13. The number of aromatic amines is 1. The Kier molecular flexibility index (Phi) is 3.02. The quantitative estimate of drug-likeness (QED) is 0.769. The summed E-state index contributed by atoms with van der Waals surface area (Å²) in [7, 11) is 1.67. The third-order valence-electron chi connectivity index (χ3n) is 2.96. The summed E-state index contributed by atoms with van der Waals surface area (Å²) in [4.78, 5) is 7.76. The SMILES string of the molecule is COc1ccc(C=Cc2nc3ccccc3[nH]2)cc1. The van der Waals surface area contributed by atoms with E-state index in [0.29, 0.717) is 0 Å². The molecular formula is C16H14N2O. The molecule has 0 aliphatic carbocycles. The van der Waals surface area contributed by atoms with E-state index in [1.54, 1.807) is 7.11 Å². The van der Waals surface area contributed by atoms with Gasteiger partial charge in [0, 0.05) is 0 Å². The van der Waals surface area contributed by atoms with E-state index in [1.807, 2.05) is 60.7 Å². The van der Waals surface area contributed by atoms with Crippen LogP contribution in [0.2, 0.25) is 0 Å². The summed E-state index contributed by atoms with van der Waals surface area (Å²) in [6.07, 6.45) is 4.00. The average Bonchev–Trinajstić information content (AvgIpc) is 2.88. The van der Waals surface area contributed by atoms with Crippen molar-refractivity contribution in [3.05, 3.63) is 59.9 Å². The molecule has 0 amide bonds. The van der Waals surface area contributed by atoms with E-state index in [9.17, 15) is 0 Å². The Morgan fingerprint density at radius 3 is 2.53 bits per heavy atom. The topological polar surface area (TPSA) is 37.9 Å². The van der Waals surface area contributed by atoms with Crippen LogP contribution in [0.15, 0.2) is 48.5 Å². The van der Waals surface area contributed by atoms with Gasteiger partial charge in [0.2, 0.25) is 0 Å². The molecule has 94 valence electrons. The van der Waals surface area contributed by atoms with Gasteiger partial charge in [0.05, 0.1) is 18.1 Å². The number of para-hydroxylation sites is 2. The zero-order valence-corrected chi connectivity index (χ0v) is 10.6. The number of hydrogen-bond donors (Lipinski definition) is 1. The van der Waals surface area contributed by atoms with Gasteiger partial charge in [-0.2, -0.15) is 0 Å². The van der Waals surface area contributed by atoms with Crippen LogP contribution >= 0.6 is 0 Å². The summed E-state index contributed by atoms with van der Waals surface area (Å²) in [6.45, 7) is 0. The van der Waals surface area contributed by atoms with E-state index < -0.39 is 0 Å². The molecule has 0 aliphatic heterocycles. The summed E-state index contributed by atoms with van der Waals surface area (Å²) < 4.78 is 5.13. The van der Waals surface area contributed by atoms with Gasteiger partial charge in [0.25, 0.3) is 0 Å². The van der Waals surface area contributed by atoms with Gasteiger partial charge in [-0.25, -0.2) is 4.98 Å². The number of ether oxygens (including phenoxy) is 1. The summed E-state index contributed by atoms with van der Waals surface area (Å²) in [6, 6.07) is 15.9. The van der Waals surface area contributed by atoms with E-state index in [2.05, 4.69) is 9.97 Å². The Hall–Kier alpha value is -2.55. The molecule has 2 aromatic carbocycles. The molecule has 0 fully saturated rings. The van der Waals surface area contributed by atoms with Crippen LogP contribution < -0.4 is 4.74 Å². The number of imidazole rings is 1. The van der Waals surface area contributed by atoms with Crippen molar-refractivity contribution in [2.75, 3.05) is 7.11 Å². The molecule has 1 heterocycles. The molecule has 0 saturated heterocycles. The van der Waals surface area contributed by atoms with Gasteiger partial charge < -0.3 is 9.72 Å². The highest BCUT2D eigenvalue weighted by Crippen LogP contribution is 2.15. The molecule has 0 aliphatic rings. The number of nitrogens with one attached hydrogen (secondary N) is 1. The van der Waals surface area contributed by atoms with Crippen LogP contribution in [0.1, 0.15) is 11.4 Å². The molecule has 0 unspecified atom stereocenters. The molecule has 3 heteroatoms. The van der Waals surface area contributed by atoms with Gasteiger partial charge in [-0.05, 0) is 35.9 Å². The lowest BCUT2D eigenvalue weighted by Gasteiger charge is -1.98. The van der Waals surface area contributed by atoms with Crippen LogP contribution in [0.3, 0.4) is 0 Å². The fourth-order valence-electron chi connectivity index (χ4n) is 1.94. The van der Waals surface area contributed by atoms with E-state index in [4.69, 9.17) is 4.74 Å². The van der Waals surface area contributed by atoms with E-state index in [0.717, 1.165) is 28.2 Å². The van der Waals surface area contributed by atoms with Gasteiger partial charge in [0.1, 0.15) is 11.6 Å². The van der Waals surface area contributed by atoms with Crippen molar-refractivity contribution in [2.24, 2.45) is 0 Å². The zero-order chi connectivity index (χ0) is 13.1. The largest absolute Gasteiger partial charge is 0.497 e. The van der Waals surface area contributed by atoms with E-state index in [1.165, 1.54) is 0 Å². The number of hydrogen-bond acceptors (Lipinski definition) is 2. The van der Waals surface area contributed by atoms with Gasteiger partial charge in [0.15, 0.2) is 0 Å². The summed E-state index contributed by atoms with van der Waals surface area (Å²) >= 11 is 0. The first-order valence-corrected chi connectivity index (χ1v) is 6.12. The molecule has 19 heavy (non-hydrogen) atoms. The van der Waals surface area contributed by atoms with Gasteiger partial charge in [-0.3, -0.25) is 0 Å². The zero-order valence-electron chi connectivity index (χ0n) is 10.6. The van der Waals surface area contributed by atoms with Crippen molar-refractivity contribution in [3.63, 3.8) is 0 Å². The molecular weight excluding hydrogens is 236 g/mol. The van der Waals surface area contributed by atoms with E-state index >= 15 is 0 Å². The molecule has 3 aromatic rings. The van der Waals surface area contributed by atoms with Crippen molar-refractivity contribution < 1.29 is 4.74 Å². The van der Waals surface area contributed by atoms with Crippen molar-refractivity contribution in [2.45, 2.75) is 0 Å². The van der Waals surface area contributed by atoms with Crippen LogP contribution in [0.4, 0.5) is 0 Å². The number of aromatic nitrogens is 2. The normalized spacial score (nSPS) is 11.2. The van der Waals surface area contributed by atoms with Gasteiger partial charge in [-0.15, -0.1) is 0 Å². The molecule has 0 atom stereocenters. The highest BCUT2D eigenvalue weighted by Gasteiger charge is 1.98. The monoisotopic (exact) mass is 250 g/mol. The van der Waals surface area contributed by atoms with Crippen LogP contribution in [-0.4, -0.2) is 17.1 Å². The number of fused-ring (bicyclic) bond motifs is 1. The average molecular weight is 250 g/mol. The standard InChI is InChI=1S/C16H14N2O/c1-19-13-9-6-12(7-10-13)8-11-16-17-14-4-2-3-5-15(14)18-16/h2-11H,1H3,(H,17,18). The maximum absolute atomic E-state index is 5.13. The maximum Gasteiger partial charge on any atom is 0.131 e. The molecule has 0 radical (unpaired) electrons. The van der Waals surface area contributed by atoms with Crippen molar-refractivity contribution >= 4 is 23.2 Å². The predicted molar refractivity (Wildman–Crippen MR) is 78.0 cm³/mol. The summed E-state index contributed by atoms with van der Waals surface area (Å²) in [5.41, 5.74) is 3.15. The Morgan fingerprint density at radius 1 is 1.00 bits per heavy atom. The predicted octanol–water partition coefficient (Wildman–Crippen LogP) is 3.74. The minimum absolute atomic E-state index is 0.858. The highest BCUT2D eigenvalue weighted by molar-refractivity contribution is 5.78. The number of rotatable bonds is 3. The third kappa shape index (κ3) is 2.50. The second kappa shape index (κ2) is 4.98. The fourth-order valence-corrected chi connectivity index (χ4v) is 1.94. The molecule has 0 bridgehead atoms. The van der Waals surface area contributed by atoms with Gasteiger partial charge >= 0.3 is 0 Å². The number of benzene rings is 2. The molecule has 1 N–H and O–H groups in total. The van der Waals surface area contributed by atoms with Crippen molar-refractivity contribution in [1.29, 1.82) is 0 Å². The molecule has 1 aromatic heterocycles. The Balaban J connectivity index is 1.84. The fraction of sp³-hybridized carbons (Fsp3) is 0.0625. The second-order valence-corrected chi connectivity index (χ2v) is 4.25. The lowest BCUT2D eigenvalue weighted by Crippen LogP contribution is -1.81. The Bertz CT molecular complexity index is 678. The third-order valence-corrected chi connectivity index (χ3v) is 2.96. The van der Waals surface area contributed by atoms with E-state index in [-0.39, 0.29) is 0 Å². The Labute approximate surface area is 111 Å². The van der Waals surface area contributed by atoms with Crippen LogP contribution in [0.5, 0.6) is 5.75 Å². The van der Waals surface area contributed by atoms with Crippen molar-refractivity contribution in [3.8, 4) is 5.75 Å². The molecule has 0 spiro atoms. The van der Waals surface area contributed by atoms with Crippen LogP contribution in [-0.2, 0) is 0 Å². The summed E-state index contributed by atoms with van der Waals surface area (Å²) in [5, 5.41) is 0. The number of H-pyrrole nitrogens is 1. The van der Waals surface area contributed by atoms with Gasteiger partial charge in [-0.1, -0.05) is 30.3 Å². The minimum atomic E-state index is 0.858. The molecule has 3 rings (SSSR count). The second-order valence-electron chi connectivity index (χ2n) is 4.25. The summed E-state index contributed by atoms with van der Waals surface area (Å²) in [5.74, 6) is 1.72. The lowest BCUT2D eigenvalue weighted by molar-refractivity contribution is 0.415. The highest BCUT2D eigenvalue weighted by atomic mass is 16.5. The molecule has 0 saturated carbocycles. The number of nitrogens with zero attached hydrogens (tertiary/aromatic N) is 1.